The molecule has 1 N–H and O–H groups in total. The van der Waals surface area contributed by atoms with Crippen molar-refractivity contribution in [1.82, 2.24) is 20.4 Å². The molecule has 0 aromatic carbocycles. The molecule has 24 heavy (non-hydrogen) atoms. The molecule has 0 saturated carbocycles. The van der Waals surface area contributed by atoms with Crippen LogP contribution in [-0.2, 0) is 9.53 Å². The predicted octanol–water partition coefficient (Wildman–Crippen LogP) is 2.34. The van der Waals surface area contributed by atoms with Crippen molar-refractivity contribution in [2.75, 3.05) is 7.11 Å². The number of hydrogen-bond acceptors (Lipinski definition) is 7. The lowest BCUT2D eigenvalue weighted by atomic mass is 9.81. The van der Waals surface area contributed by atoms with Gasteiger partial charge in [0.25, 0.3) is 5.89 Å². The topological polar surface area (TPSA) is 90.1 Å². The van der Waals surface area contributed by atoms with Crippen LogP contribution in [0.2, 0.25) is 0 Å². The van der Waals surface area contributed by atoms with Gasteiger partial charge in [-0.3, -0.25) is 4.98 Å². The number of ether oxygens (including phenoxy) is 1. The lowest BCUT2D eigenvalue weighted by Crippen LogP contribution is -2.28. The van der Waals surface area contributed by atoms with Gasteiger partial charge in [0.15, 0.2) is 5.82 Å². The van der Waals surface area contributed by atoms with Crippen molar-refractivity contribution in [3.05, 3.63) is 58.8 Å². The van der Waals surface area contributed by atoms with Gasteiger partial charge in [0.05, 0.1) is 18.6 Å². The van der Waals surface area contributed by atoms with E-state index in [0.717, 1.165) is 22.5 Å². The van der Waals surface area contributed by atoms with Gasteiger partial charge in [0.1, 0.15) is 0 Å². The molecular formula is C17H18N4O3. The van der Waals surface area contributed by atoms with Crippen molar-refractivity contribution < 1.29 is 14.1 Å². The number of rotatable bonds is 3. The van der Waals surface area contributed by atoms with Crippen molar-refractivity contribution in [2.24, 2.45) is 0 Å². The summed E-state index contributed by atoms with van der Waals surface area (Å²) in [5.74, 6) is 0.101. The molecule has 2 aromatic rings. The summed E-state index contributed by atoms with van der Waals surface area (Å²) >= 11 is 0. The minimum Gasteiger partial charge on any atom is -0.466 e. The zero-order valence-corrected chi connectivity index (χ0v) is 14.0. The summed E-state index contributed by atoms with van der Waals surface area (Å²) < 4.78 is 10.4. The van der Waals surface area contributed by atoms with Crippen LogP contribution in [0, 0.1) is 6.92 Å². The summed E-state index contributed by atoms with van der Waals surface area (Å²) in [6, 6.07) is 3.74. The molecule has 3 rings (SSSR count). The number of carbonyl (C=O) groups is 1. The minimum absolute atomic E-state index is 0.375. The Morgan fingerprint density at radius 3 is 2.67 bits per heavy atom. The van der Waals surface area contributed by atoms with Gasteiger partial charge in [-0.05, 0) is 32.4 Å². The van der Waals surface area contributed by atoms with Crippen LogP contribution in [0.25, 0.3) is 5.57 Å². The molecule has 1 aliphatic rings. The quantitative estimate of drug-likeness (QED) is 0.866. The summed E-state index contributed by atoms with van der Waals surface area (Å²) in [7, 11) is 1.37. The lowest BCUT2D eigenvalue weighted by molar-refractivity contribution is -0.136. The van der Waals surface area contributed by atoms with Crippen LogP contribution in [0.3, 0.4) is 0 Å². The Morgan fingerprint density at radius 2 is 2.08 bits per heavy atom. The molecule has 1 aliphatic heterocycles. The van der Waals surface area contributed by atoms with Gasteiger partial charge in [-0.2, -0.15) is 4.98 Å². The van der Waals surface area contributed by atoms with Gasteiger partial charge in [0, 0.05) is 29.4 Å². The maximum Gasteiger partial charge on any atom is 0.336 e. The normalized spacial score (nSPS) is 17.8. The standard InChI is InChI=1S/C17H18N4O3/c1-9-13(16-20-11(3)21-24-16)15(12-6-5-7-18-8-12)14(10(2)19-9)17(22)23-4/h5-8,15,19H,1-4H3. The summed E-state index contributed by atoms with van der Waals surface area (Å²) in [6.45, 7) is 5.51. The number of allylic oxidation sites excluding steroid dienone is 3. The molecule has 0 fully saturated rings. The smallest absolute Gasteiger partial charge is 0.336 e. The van der Waals surface area contributed by atoms with E-state index in [4.69, 9.17) is 9.26 Å². The Labute approximate surface area is 139 Å². The third kappa shape index (κ3) is 2.68. The first kappa shape index (κ1) is 15.9. The zero-order chi connectivity index (χ0) is 17.3. The molecule has 1 atom stereocenters. The number of pyridine rings is 1. The predicted molar refractivity (Wildman–Crippen MR) is 86.5 cm³/mol. The Bertz CT molecular complexity index is 837. The lowest BCUT2D eigenvalue weighted by Gasteiger charge is -2.29. The van der Waals surface area contributed by atoms with E-state index in [9.17, 15) is 4.79 Å². The van der Waals surface area contributed by atoms with Gasteiger partial charge in [-0.25, -0.2) is 4.79 Å². The molecular weight excluding hydrogens is 308 g/mol. The summed E-state index contributed by atoms with van der Waals surface area (Å²) in [5.41, 5.74) is 3.67. The molecule has 3 heterocycles. The van der Waals surface area contributed by atoms with Crippen LogP contribution < -0.4 is 5.32 Å². The van der Waals surface area contributed by atoms with E-state index in [1.165, 1.54) is 7.11 Å². The van der Waals surface area contributed by atoms with Crippen molar-refractivity contribution in [3.8, 4) is 0 Å². The number of nitrogens with zero attached hydrogens (tertiary/aromatic N) is 3. The first-order chi connectivity index (χ1) is 11.5. The van der Waals surface area contributed by atoms with Gasteiger partial charge >= 0.3 is 5.97 Å². The van der Waals surface area contributed by atoms with Crippen LogP contribution in [0.1, 0.15) is 37.0 Å². The minimum atomic E-state index is -0.407. The molecule has 0 spiro atoms. The molecule has 7 nitrogen and oxygen atoms in total. The SMILES string of the molecule is COC(=O)C1=C(C)NC(C)=C(c2nc(C)no2)C1c1cccnc1. The van der Waals surface area contributed by atoms with E-state index < -0.39 is 11.9 Å². The number of aromatic nitrogens is 3. The van der Waals surface area contributed by atoms with Crippen LogP contribution in [0.4, 0.5) is 0 Å². The van der Waals surface area contributed by atoms with Gasteiger partial charge in [-0.1, -0.05) is 11.2 Å². The van der Waals surface area contributed by atoms with E-state index in [2.05, 4.69) is 20.4 Å². The largest absolute Gasteiger partial charge is 0.466 e. The van der Waals surface area contributed by atoms with E-state index >= 15 is 0 Å². The molecule has 0 aliphatic carbocycles. The molecule has 2 aromatic heterocycles. The van der Waals surface area contributed by atoms with Crippen molar-refractivity contribution in [1.29, 1.82) is 0 Å². The van der Waals surface area contributed by atoms with Crippen molar-refractivity contribution in [3.63, 3.8) is 0 Å². The first-order valence-electron chi connectivity index (χ1n) is 7.50. The average Bonchev–Trinajstić information content (AvgIpc) is 3.00. The highest BCUT2D eigenvalue weighted by atomic mass is 16.5. The van der Waals surface area contributed by atoms with Gasteiger partial charge in [0.2, 0.25) is 0 Å². The Hall–Kier alpha value is -2.96. The highest BCUT2D eigenvalue weighted by Crippen LogP contribution is 2.42. The van der Waals surface area contributed by atoms with Gasteiger partial charge < -0.3 is 14.6 Å². The Morgan fingerprint density at radius 1 is 1.29 bits per heavy atom. The maximum absolute atomic E-state index is 12.4. The fourth-order valence-corrected chi connectivity index (χ4v) is 2.94. The van der Waals surface area contributed by atoms with Crippen LogP contribution in [0.5, 0.6) is 0 Å². The number of aryl methyl sites for hydroxylation is 1. The van der Waals surface area contributed by atoms with E-state index in [1.807, 2.05) is 26.0 Å². The summed E-state index contributed by atoms with van der Waals surface area (Å²) in [4.78, 5) is 20.9. The molecule has 1 unspecified atom stereocenters. The monoisotopic (exact) mass is 326 g/mol. The molecule has 0 amide bonds. The third-order valence-corrected chi connectivity index (χ3v) is 3.94. The Balaban J connectivity index is 2.22. The highest BCUT2D eigenvalue weighted by Gasteiger charge is 2.36. The molecule has 7 heteroatoms. The van der Waals surface area contributed by atoms with Gasteiger partial charge in [-0.15, -0.1) is 0 Å². The zero-order valence-electron chi connectivity index (χ0n) is 14.0. The molecule has 0 radical (unpaired) electrons. The van der Waals surface area contributed by atoms with E-state index in [-0.39, 0.29) is 0 Å². The second kappa shape index (κ2) is 6.27. The number of nitrogens with one attached hydrogen (secondary N) is 1. The molecule has 124 valence electrons. The number of carbonyl (C=O) groups excluding carboxylic acids is 1. The Kier molecular flexibility index (Phi) is 4.16. The third-order valence-electron chi connectivity index (χ3n) is 3.94. The number of esters is 1. The highest BCUT2D eigenvalue weighted by molar-refractivity contribution is 5.96. The fourth-order valence-electron chi connectivity index (χ4n) is 2.94. The van der Waals surface area contributed by atoms with Crippen LogP contribution >= 0.6 is 0 Å². The number of methoxy groups -OCH3 is 1. The maximum atomic E-state index is 12.4. The average molecular weight is 326 g/mol. The fraction of sp³-hybridized carbons (Fsp3) is 0.294. The molecule has 0 bridgehead atoms. The first-order valence-corrected chi connectivity index (χ1v) is 7.50. The number of hydrogen-bond donors (Lipinski definition) is 1. The molecule has 0 saturated heterocycles. The summed E-state index contributed by atoms with van der Waals surface area (Å²) in [5, 5.41) is 7.08. The van der Waals surface area contributed by atoms with Crippen molar-refractivity contribution in [2.45, 2.75) is 26.7 Å². The summed E-state index contributed by atoms with van der Waals surface area (Å²) in [6.07, 6.45) is 3.41. The van der Waals surface area contributed by atoms with E-state index in [0.29, 0.717) is 17.3 Å². The van der Waals surface area contributed by atoms with Crippen LogP contribution in [-0.4, -0.2) is 28.2 Å². The second-order valence-corrected chi connectivity index (χ2v) is 5.56. The second-order valence-electron chi connectivity index (χ2n) is 5.56. The van der Waals surface area contributed by atoms with Crippen LogP contribution in [0.15, 0.2) is 46.0 Å². The van der Waals surface area contributed by atoms with Crippen molar-refractivity contribution >= 4 is 11.5 Å². The number of dihydropyridines is 1. The van der Waals surface area contributed by atoms with E-state index in [1.54, 1.807) is 19.3 Å².